The van der Waals surface area contributed by atoms with E-state index >= 15 is 0 Å². The van der Waals surface area contributed by atoms with Crippen molar-refractivity contribution in [1.82, 2.24) is 0 Å². The molecular weight excluding hydrogens is 230 g/mol. The zero-order chi connectivity index (χ0) is 13.5. The predicted octanol–water partition coefficient (Wildman–Crippen LogP) is 2.76. The van der Waals surface area contributed by atoms with E-state index in [9.17, 15) is 4.79 Å². The summed E-state index contributed by atoms with van der Waals surface area (Å²) >= 11 is 0. The first-order valence-corrected chi connectivity index (χ1v) is 6.13. The molecule has 4 heteroatoms. The van der Waals surface area contributed by atoms with Gasteiger partial charge in [0.1, 0.15) is 5.75 Å². The summed E-state index contributed by atoms with van der Waals surface area (Å²) in [5.74, 6) is 0.682. The molecule has 1 rings (SSSR count). The van der Waals surface area contributed by atoms with Crippen LogP contribution in [0.4, 0.5) is 5.69 Å². The van der Waals surface area contributed by atoms with Gasteiger partial charge in [0.25, 0.3) is 0 Å². The summed E-state index contributed by atoms with van der Waals surface area (Å²) in [4.78, 5) is 11.3. The van der Waals surface area contributed by atoms with Crippen molar-refractivity contribution in [2.75, 3.05) is 19.0 Å². The zero-order valence-corrected chi connectivity index (χ0v) is 11.4. The van der Waals surface area contributed by atoms with Crippen molar-refractivity contribution in [2.24, 2.45) is 0 Å². The number of carbonyl (C=O) groups is 1. The highest BCUT2D eigenvalue weighted by Gasteiger charge is 2.10. The van der Waals surface area contributed by atoms with Crippen molar-refractivity contribution >= 4 is 11.7 Å². The lowest BCUT2D eigenvalue weighted by Gasteiger charge is -2.15. The van der Waals surface area contributed by atoms with E-state index in [0.29, 0.717) is 13.0 Å². The van der Waals surface area contributed by atoms with Crippen LogP contribution in [0.2, 0.25) is 0 Å². The summed E-state index contributed by atoms with van der Waals surface area (Å²) in [5.41, 5.74) is 2.04. The normalized spacial score (nSPS) is 11.8. The van der Waals surface area contributed by atoms with Crippen LogP contribution in [0.5, 0.6) is 5.75 Å². The van der Waals surface area contributed by atoms with Gasteiger partial charge >= 0.3 is 5.97 Å². The van der Waals surface area contributed by atoms with Crippen molar-refractivity contribution < 1.29 is 14.3 Å². The first-order chi connectivity index (χ1) is 8.56. The minimum Gasteiger partial charge on any atom is -0.496 e. The molecule has 0 aliphatic rings. The lowest BCUT2D eigenvalue weighted by molar-refractivity contribution is -0.143. The largest absolute Gasteiger partial charge is 0.496 e. The molecule has 100 valence electrons. The number of benzene rings is 1. The van der Waals surface area contributed by atoms with Crippen LogP contribution in [0.3, 0.4) is 0 Å². The van der Waals surface area contributed by atoms with Gasteiger partial charge in [-0.25, -0.2) is 0 Å². The maximum atomic E-state index is 11.3. The fourth-order valence-electron chi connectivity index (χ4n) is 1.77. The average Bonchev–Trinajstić information content (AvgIpc) is 2.29. The van der Waals surface area contributed by atoms with Gasteiger partial charge in [0, 0.05) is 11.7 Å². The molecule has 4 nitrogen and oxygen atoms in total. The van der Waals surface area contributed by atoms with Gasteiger partial charge in [0.2, 0.25) is 0 Å². The molecule has 0 aliphatic carbocycles. The van der Waals surface area contributed by atoms with Crippen LogP contribution in [0, 0.1) is 6.92 Å². The van der Waals surface area contributed by atoms with E-state index in [1.807, 2.05) is 39.0 Å². The van der Waals surface area contributed by atoms with Crippen molar-refractivity contribution in [3.63, 3.8) is 0 Å². The third-order valence-electron chi connectivity index (χ3n) is 2.59. The fraction of sp³-hybridized carbons (Fsp3) is 0.500. The molecule has 0 heterocycles. The van der Waals surface area contributed by atoms with Gasteiger partial charge in [-0.05, 0) is 44.5 Å². The molecule has 0 saturated carbocycles. The summed E-state index contributed by atoms with van der Waals surface area (Å²) in [6.07, 6.45) is 0.360. The molecule has 0 saturated heterocycles. The van der Waals surface area contributed by atoms with Gasteiger partial charge < -0.3 is 14.8 Å². The highest BCUT2D eigenvalue weighted by molar-refractivity contribution is 5.70. The summed E-state index contributed by atoms with van der Waals surface area (Å²) in [6.45, 7) is 6.17. The molecule has 0 aliphatic heterocycles. The number of ether oxygens (including phenoxy) is 2. The van der Waals surface area contributed by atoms with E-state index in [1.165, 1.54) is 0 Å². The standard InChI is InChI=1S/C14H21NO3/c1-5-18-14(16)9-11(3)15-12-6-7-13(17-4)10(2)8-12/h6-8,11,15H,5,9H2,1-4H3. The molecule has 1 N–H and O–H groups in total. The number of anilines is 1. The SMILES string of the molecule is CCOC(=O)CC(C)Nc1ccc(OC)c(C)c1. The zero-order valence-electron chi connectivity index (χ0n) is 11.4. The first-order valence-electron chi connectivity index (χ1n) is 6.13. The van der Waals surface area contributed by atoms with Gasteiger partial charge in [0.15, 0.2) is 0 Å². The molecule has 1 unspecified atom stereocenters. The van der Waals surface area contributed by atoms with Crippen molar-refractivity contribution in [2.45, 2.75) is 33.2 Å². The van der Waals surface area contributed by atoms with Gasteiger partial charge in [-0.1, -0.05) is 0 Å². The number of aryl methyl sites for hydroxylation is 1. The molecule has 1 aromatic rings. The molecule has 0 fully saturated rings. The summed E-state index contributed by atoms with van der Waals surface area (Å²) < 4.78 is 10.1. The number of hydrogen-bond acceptors (Lipinski definition) is 4. The Morgan fingerprint density at radius 1 is 1.44 bits per heavy atom. The third-order valence-corrected chi connectivity index (χ3v) is 2.59. The summed E-state index contributed by atoms with van der Waals surface area (Å²) in [5, 5.41) is 3.27. The molecule has 0 amide bonds. The Balaban J connectivity index is 2.56. The van der Waals surface area contributed by atoms with E-state index < -0.39 is 0 Å². The molecule has 1 atom stereocenters. The summed E-state index contributed by atoms with van der Waals surface area (Å²) in [7, 11) is 1.65. The molecule has 18 heavy (non-hydrogen) atoms. The number of methoxy groups -OCH3 is 1. The number of hydrogen-bond donors (Lipinski definition) is 1. The fourth-order valence-corrected chi connectivity index (χ4v) is 1.77. The van der Waals surface area contributed by atoms with Crippen LogP contribution in [0.15, 0.2) is 18.2 Å². The maximum absolute atomic E-state index is 11.3. The highest BCUT2D eigenvalue weighted by Crippen LogP contribution is 2.22. The van der Waals surface area contributed by atoms with Crippen LogP contribution >= 0.6 is 0 Å². The number of esters is 1. The lowest BCUT2D eigenvalue weighted by atomic mass is 10.1. The summed E-state index contributed by atoms with van der Waals surface area (Å²) in [6, 6.07) is 5.89. The Morgan fingerprint density at radius 2 is 2.17 bits per heavy atom. The molecule has 0 aromatic heterocycles. The Hall–Kier alpha value is -1.71. The Labute approximate surface area is 108 Å². The van der Waals surface area contributed by atoms with Gasteiger partial charge in [-0.15, -0.1) is 0 Å². The second kappa shape index (κ2) is 6.89. The number of carbonyl (C=O) groups excluding carboxylic acids is 1. The number of rotatable bonds is 6. The van der Waals surface area contributed by atoms with Crippen LogP contribution in [-0.2, 0) is 9.53 Å². The quantitative estimate of drug-likeness (QED) is 0.790. The molecule has 0 radical (unpaired) electrons. The predicted molar refractivity (Wildman–Crippen MR) is 72.1 cm³/mol. The average molecular weight is 251 g/mol. The maximum Gasteiger partial charge on any atom is 0.307 e. The van der Waals surface area contributed by atoms with Crippen LogP contribution in [-0.4, -0.2) is 25.7 Å². The van der Waals surface area contributed by atoms with Crippen molar-refractivity contribution in [3.05, 3.63) is 23.8 Å². The minimum absolute atomic E-state index is 0.0387. The third kappa shape index (κ3) is 4.28. The Morgan fingerprint density at radius 3 is 2.72 bits per heavy atom. The molecular formula is C14H21NO3. The van der Waals surface area contributed by atoms with E-state index in [-0.39, 0.29) is 12.0 Å². The van der Waals surface area contributed by atoms with Gasteiger partial charge in [-0.2, -0.15) is 0 Å². The van der Waals surface area contributed by atoms with Gasteiger partial charge in [0.05, 0.1) is 20.1 Å². The van der Waals surface area contributed by atoms with E-state index in [4.69, 9.17) is 9.47 Å². The van der Waals surface area contributed by atoms with Gasteiger partial charge in [-0.3, -0.25) is 4.79 Å². The Kier molecular flexibility index (Phi) is 5.49. The number of nitrogens with one attached hydrogen (secondary N) is 1. The van der Waals surface area contributed by atoms with Crippen LogP contribution in [0.1, 0.15) is 25.8 Å². The second-order valence-corrected chi connectivity index (χ2v) is 4.24. The smallest absolute Gasteiger partial charge is 0.307 e. The monoisotopic (exact) mass is 251 g/mol. The first kappa shape index (κ1) is 14.4. The van der Waals surface area contributed by atoms with Crippen molar-refractivity contribution in [1.29, 1.82) is 0 Å². The molecule has 0 spiro atoms. The topological polar surface area (TPSA) is 47.6 Å². The van der Waals surface area contributed by atoms with E-state index in [0.717, 1.165) is 17.0 Å². The van der Waals surface area contributed by atoms with E-state index in [2.05, 4.69) is 5.32 Å². The Bertz CT molecular complexity index is 404. The van der Waals surface area contributed by atoms with E-state index in [1.54, 1.807) is 7.11 Å². The van der Waals surface area contributed by atoms with Crippen LogP contribution in [0.25, 0.3) is 0 Å². The van der Waals surface area contributed by atoms with Crippen LogP contribution < -0.4 is 10.1 Å². The lowest BCUT2D eigenvalue weighted by Crippen LogP contribution is -2.21. The second-order valence-electron chi connectivity index (χ2n) is 4.24. The minimum atomic E-state index is -0.178. The molecule has 0 bridgehead atoms. The van der Waals surface area contributed by atoms with Crippen molar-refractivity contribution in [3.8, 4) is 5.75 Å². The molecule has 1 aromatic carbocycles. The highest BCUT2D eigenvalue weighted by atomic mass is 16.5.